The van der Waals surface area contributed by atoms with Gasteiger partial charge in [-0.15, -0.1) is 0 Å². The second-order valence-corrected chi connectivity index (χ2v) is 7.52. The van der Waals surface area contributed by atoms with Gasteiger partial charge in [0, 0.05) is 10.5 Å². The largest absolute Gasteiger partial charge is 0.310 e. The number of sulfone groups is 1. The van der Waals surface area contributed by atoms with Gasteiger partial charge in [0.1, 0.15) is 0 Å². The Morgan fingerprint density at radius 1 is 1.47 bits per heavy atom. The van der Waals surface area contributed by atoms with E-state index >= 15 is 0 Å². The Balaban J connectivity index is 2.63. The standard InChI is InChI=1S/C12H16BrNO2S/c1-3-14-11-7-8(2)17(15,16)12-9(11)5-4-6-10(12)13/h4-6,8,11,14H,3,7H2,1-2H3. The van der Waals surface area contributed by atoms with Crippen LogP contribution in [-0.4, -0.2) is 20.2 Å². The minimum Gasteiger partial charge on any atom is -0.310 e. The maximum absolute atomic E-state index is 12.3. The van der Waals surface area contributed by atoms with Crippen molar-refractivity contribution in [2.75, 3.05) is 6.54 Å². The first kappa shape index (κ1) is 13.1. The molecule has 2 unspecified atom stereocenters. The van der Waals surface area contributed by atoms with Gasteiger partial charge in [-0.25, -0.2) is 8.42 Å². The van der Waals surface area contributed by atoms with Gasteiger partial charge < -0.3 is 5.32 Å². The molecule has 5 heteroatoms. The number of benzene rings is 1. The Hall–Kier alpha value is -0.390. The van der Waals surface area contributed by atoms with Crippen molar-refractivity contribution in [1.29, 1.82) is 0 Å². The summed E-state index contributed by atoms with van der Waals surface area (Å²) in [7, 11) is -3.19. The molecule has 2 atom stereocenters. The van der Waals surface area contributed by atoms with E-state index in [4.69, 9.17) is 0 Å². The van der Waals surface area contributed by atoms with Crippen LogP contribution in [0.15, 0.2) is 27.6 Å². The zero-order valence-corrected chi connectivity index (χ0v) is 12.3. The van der Waals surface area contributed by atoms with Crippen LogP contribution in [0.4, 0.5) is 0 Å². The molecule has 0 radical (unpaired) electrons. The normalized spacial score (nSPS) is 26.5. The molecule has 1 aromatic carbocycles. The zero-order chi connectivity index (χ0) is 12.6. The van der Waals surface area contributed by atoms with Crippen LogP contribution in [0.5, 0.6) is 0 Å². The summed E-state index contributed by atoms with van der Waals surface area (Å²) in [6.07, 6.45) is 0.639. The Morgan fingerprint density at radius 2 is 2.18 bits per heavy atom. The molecule has 1 aromatic rings. The van der Waals surface area contributed by atoms with Gasteiger partial charge in [-0.3, -0.25) is 0 Å². The Morgan fingerprint density at radius 3 is 2.82 bits per heavy atom. The third-order valence-electron chi connectivity index (χ3n) is 3.21. The number of rotatable bonds is 2. The van der Waals surface area contributed by atoms with Gasteiger partial charge in [0.25, 0.3) is 0 Å². The Labute approximate surface area is 111 Å². The lowest BCUT2D eigenvalue weighted by Crippen LogP contribution is -2.34. The zero-order valence-electron chi connectivity index (χ0n) is 9.90. The molecule has 0 bridgehead atoms. The molecule has 2 rings (SSSR count). The minimum absolute atomic E-state index is 0.131. The van der Waals surface area contributed by atoms with Gasteiger partial charge in [0.15, 0.2) is 9.84 Å². The highest BCUT2D eigenvalue weighted by Crippen LogP contribution is 2.39. The second-order valence-electron chi connectivity index (χ2n) is 4.36. The lowest BCUT2D eigenvalue weighted by molar-refractivity contribution is 0.473. The molecule has 3 nitrogen and oxygen atoms in total. The highest BCUT2D eigenvalue weighted by atomic mass is 79.9. The first-order valence-electron chi connectivity index (χ1n) is 5.74. The fourth-order valence-electron chi connectivity index (χ4n) is 2.33. The van der Waals surface area contributed by atoms with Gasteiger partial charge in [-0.1, -0.05) is 19.1 Å². The Bertz CT molecular complexity index is 527. The maximum atomic E-state index is 12.3. The topological polar surface area (TPSA) is 46.2 Å². The summed E-state index contributed by atoms with van der Waals surface area (Å²) in [6.45, 7) is 4.65. The smallest absolute Gasteiger partial charge is 0.182 e. The molecule has 0 amide bonds. The van der Waals surface area contributed by atoms with Crippen LogP contribution in [-0.2, 0) is 9.84 Å². The first-order valence-corrected chi connectivity index (χ1v) is 8.08. The van der Waals surface area contributed by atoms with Crippen molar-refractivity contribution in [3.63, 3.8) is 0 Å². The van der Waals surface area contributed by atoms with Crippen molar-refractivity contribution in [2.24, 2.45) is 0 Å². The first-order chi connectivity index (χ1) is 7.98. The average molecular weight is 318 g/mol. The van der Waals surface area contributed by atoms with E-state index in [1.807, 2.05) is 19.1 Å². The molecular formula is C12H16BrNO2S. The summed E-state index contributed by atoms with van der Waals surface area (Å²) in [4.78, 5) is 0.463. The van der Waals surface area contributed by atoms with E-state index < -0.39 is 9.84 Å². The van der Waals surface area contributed by atoms with Crippen molar-refractivity contribution < 1.29 is 8.42 Å². The Kier molecular flexibility index (Phi) is 3.61. The lowest BCUT2D eigenvalue weighted by Gasteiger charge is -2.30. The van der Waals surface area contributed by atoms with Crippen LogP contribution in [0.2, 0.25) is 0 Å². The third kappa shape index (κ3) is 2.16. The summed E-state index contributed by atoms with van der Waals surface area (Å²) in [5.41, 5.74) is 0.888. The van der Waals surface area contributed by atoms with E-state index in [0.717, 1.165) is 12.1 Å². The molecule has 0 aliphatic carbocycles. The van der Waals surface area contributed by atoms with Crippen LogP contribution in [0.25, 0.3) is 0 Å². The SMILES string of the molecule is CCNC1CC(C)S(=O)(=O)c2c(Br)cccc21. The summed E-state index contributed by atoms with van der Waals surface area (Å²) in [6, 6.07) is 5.71. The molecule has 0 spiro atoms. The van der Waals surface area contributed by atoms with Gasteiger partial charge in [0.05, 0.1) is 10.1 Å². The van der Waals surface area contributed by atoms with Crippen molar-refractivity contribution >= 4 is 25.8 Å². The van der Waals surface area contributed by atoms with Crippen LogP contribution in [0.1, 0.15) is 31.9 Å². The summed E-state index contributed by atoms with van der Waals surface area (Å²) < 4.78 is 25.3. The number of nitrogens with one attached hydrogen (secondary N) is 1. The van der Waals surface area contributed by atoms with Crippen LogP contribution in [0.3, 0.4) is 0 Å². The maximum Gasteiger partial charge on any atom is 0.182 e. The van der Waals surface area contributed by atoms with Crippen molar-refractivity contribution in [3.05, 3.63) is 28.2 Å². The predicted molar refractivity (Wildman–Crippen MR) is 71.8 cm³/mol. The molecule has 94 valence electrons. The van der Waals surface area contributed by atoms with Crippen molar-refractivity contribution in [1.82, 2.24) is 5.32 Å². The molecule has 0 fully saturated rings. The van der Waals surface area contributed by atoms with Gasteiger partial charge >= 0.3 is 0 Å². The fraction of sp³-hybridized carbons (Fsp3) is 0.500. The van der Waals surface area contributed by atoms with E-state index in [1.165, 1.54) is 0 Å². The van der Waals surface area contributed by atoms with Crippen molar-refractivity contribution in [2.45, 2.75) is 36.5 Å². The number of hydrogen-bond acceptors (Lipinski definition) is 3. The van der Waals surface area contributed by atoms with Gasteiger partial charge in [0.2, 0.25) is 0 Å². The summed E-state index contributed by atoms with van der Waals surface area (Å²) in [5.74, 6) is 0. The molecule has 1 N–H and O–H groups in total. The van der Waals surface area contributed by atoms with Gasteiger partial charge in [-0.2, -0.15) is 0 Å². The number of fused-ring (bicyclic) bond motifs is 1. The molecule has 1 aliphatic heterocycles. The third-order valence-corrected chi connectivity index (χ3v) is 6.41. The van der Waals surface area contributed by atoms with Crippen LogP contribution < -0.4 is 5.32 Å². The molecule has 17 heavy (non-hydrogen) atoms. The lowest BCUT2D eigenvalue weighted by atomic mass is 10.0. The van der Waals surface area contributed by atoms with Crippen LogP contribution >= 0.6 is 15.9 Å². The van der Waals surface area contributed by atoms with Crippen LogP contribution in [0, 0.1) is 0 Å². The molecule has 0 aromatic heterocycles. The molecule has 0 saturated heterocycles. The fourth-order valence-corrected chi connectivity index (χ4v) is 5.11. The predicted octanol–water partition coefficient (Wildman–Crippen LogP) is 2.67. The summed E-state index contributed by atoms with van der Waals surface area (Å²) in [5, 5.41) is 3.02. The molecule has 0 saturated carbocycles. The van der Waals surface area contributed by atoms with Gasteiger partial charge in [-0.05, 0) is 47.4 Å². The van der Waals surface area contributed by atoms with E-state index in [0.29, 0.717) is 15.8 Å². The van der Waals surface area contributed by atoms with E-state index in [2.05, 4.69) is 21.2 Å². The summed E-state index contributed by atoms with van der Waals surface area (Å²) >= 11 is 3.36. The highest BCUT2D eigenvalue weighted by molar-refractivity contribution is 9.10. The van der Waals surface area contributed by atoms with Crippen molar-refractivity contribution in [3.8, 4) is 0 Å². The molecular weight excluding hydrogens is 302 g/mol. The minimum atomic E-state index is -3.19. The number of hydrogen-bond donors (Lipinski definition) is 1. The van der Waals surface area contributed by atoms with E-state index in [9.17, 15) is 8.42 Å². The second kappa shape index (κ2) is 4.71. The molecule has 1 heterocycles. The quantitative estimate of drug-likeness (QED) is 0.912. The molecule has 1 aliphatic rings. The monoisotopic (exact) mass is 317 g/mol. The van der Waals surface area contributed by atoms with E-state index in [1.54, 1.807) is 13.0 Å². The number of halogens is 1. The average Bonchev–Trinajstić information content (AvgIpc) is 2.26. The van der Waals surface area contributed by atoms with E-state index in [-0.39, 0.29) is 11.3 Å². The highest BCUT2D eigenvalue weighted by Gasteiger charge is 2.37.